The topological polar surface area (TPSA) is 40.2 Å². The van der Waals surface area contributed by atoms with Crippen LogP contribution in [0.5, 0.6) is 0 Å². The van der Waals surface area contributed by atoms with Crippen molar-refractivity contribution in [3.05, 3.63) is 0 Å². The lowest BCUT2D eigenvalue weighted by Gasteiger charge is -2.22. The molecule has 0 aliphatic carbocycles. The zero-order valence-corrected chi connectivity index (χ0v) is 15.0. The largest absolute Gasteiger partial charge is 0.382 e. The first kappa shape index (κ1) is 21.8. The van der Waals surface area contributed by atoms with Crippen molar-refractivity contribution in [2.24, 2.45) is 0 Å². The highest BCUT2D eigenvalue weighted by Gasteiger charge is 2.05. The van der Waals surface area contributed by atoms with Gasteiger partial charge in [0.25, 0.3) is 0 Å². The molecule has 5 heteroatoms. The van der Waals surface area contributed by atoms with Gasteiger partial charge < -0.3 is 18.9 Å². The van der Waals surface area contributed by atoms with E-state index in [9.17, 15) is 0 Å². The third-order valence-electron chi connectivity index (χ3n) is 3.55. The molecule has 134 valence electrons. The van der Waals surface area contributed by atoms with Gasteiger partial charge in [-0.2, -0.15) is 0 Å². The van der Waals surface area contributed by atoms with Gasteiger partial charge in [-0.05, 0) is 13.0 Å². The first-order valence-corrected chi connectivity index (χ1v) is 8.70. The van der Waals surface area contributed by atoms with E-state index >= 15 is 0 Å². The van der Waals surface area contributed by atoms with E-state index in [1.807, 2.05) is 0 Å². The summed E-state index contributed by atoms with van der Waals surface area (Å²) < 4.78 is 21.1. The third kappa shape index (κ3) is 16.2. The van der Waals surface area contributed by atoms with Gasteiger partial charge in [0.15, 0.2) is 0 Å². The highest BCUT2D eigenvalue weighted by atomic mass is 16.5. The normalized spacial score (nSPS) is 11.5. The first-order chi connectivity index (χ1) is 10.8. The Bertz CT molecular complexity index is 172. The van der Waals surface area contributed by atoms with Crippen LogP contribution in [-0.4, -0.2) is 78.4 Å². The summed E-state index contributed by atoms with van der Waals surface area (Å²) in [6.45, 7) is 9.50. The van der Waals surface area contributed by atoms with E-state index in [-0.39, 0.29) is 0 Å². The summed E-state index contributed by atoms with van der Waals surface area (Å²) in [4.78, 5) is 2.44. The van der Waals surface area contributed by atoms with Crippen LogP contribution < -0.4 is 0 Å². The van der Waals surface area contributed by atoms with Crippen LogP contribution in [0.1, 0.15) is 39.0 Å². The van der Waals surface area contributed by atoms with Crippen LogP contribution >= 0.6 is 0 Å². The summed E-state index contributed by atoms with van der Waals surface area (Å²) in [5, 5.41) is 0. The molecule has 0 aliphatic heterocycles. The average Bonchev–Trinajstić information content (AvgIpc) is 2.53. The monoisotopic (exact) mass is 319 g/mol. The average molecular weight is 319 g/mol. The molecule has 0 saturated carbocycles. The van der Waals surface area contributed by atoms with Gasteiger partial charge in [0.05, 0.1) is 39.6 Å². The minimum absolute atomic E-state index is 0.664. The molecule has 0 fully saturated rings. The molecule has 0 unspecified atom stereocenters. The molecule has 5 nitrogen and oxygen atoms in total. The van der Waals surface area contributed by atoms with Crippen LogP contribution in [0.3, 0.4) is 0 Å². The second-order valence-electron chi connectivity index (χ2n) is 5.47. The molecule has 22 heavy (non-hydrogen) atoms. The van der Waals surface area contributed by atoms with Crippen LogP contribution in [0.4, 0.5) is 0 Å². The zero-order chi connectivity index (χ0) is 16.3. The van der Waals surface area contributed by atoms with Crippen LogP contribution in [0, 0.1) is 0 Å². The van der Waals surface area contributed by atoms with Crippen LogP contribution in [0.25, 0.3) is 0 Å². The fraction of sp³-hybridized carbons (Fsp3) is 1.00. The lowest BCUT2D eigenvalue weighted by molar-refractivity contribution is 0.0379. The lowest BCUT2D eigenvalue weighted by Crippen LogP contribution is -2.32. The van der Waals surface area contributed by atoms with Gasteiger partial charge in [0, 0.05) is 27.3 Å². The van der Waals surface area contributed by atoms with Crippen molar-refractivity contribution in [1.82, 2.24) is 4.90 Å². The van der Waals surface area contributed by atoms with Gasteiger partial charge in [-0.15, -0.1) is 0 Å². The van der Waals surface area contributed by atoms with Gasteiger partial charge >= 0.3 is 0 Å². The summed E-state index contributed by atoms with van der Waals surface area (Å²) in [6, 6.07) is 0. The lowest BCUT2D eigenvalue weighted by atomic mass is 10.1. The van der Waals surface area contributed by atoms with Crippen molar-refractivity contribution in [3.8, 4) is 0 Å². The third-order valence-corrected chi connectivity index (χ3v) is 3.55. The molecule has 0 bridgehead atoms. The number of nitrogens with zero attached hydrogens (tertiary/aromatic N) is 1. The van der Waals surface area contributed by atoms with Gasteiger partial charge in [-0.3, -0.25) is 4.90 Å². The molecule has 0 amide bonds. The summed E-state index contributed by atoms with van der Waals surface area (Å²) in [5.74, 6) is 0. The molecule has 0 aromatic heterocycles. The Morgan fingerprint density at radius 2 is 1.14 bits per heavy atom. The molecule has 0 atom stereocenters. The Morgan fingerprint density at radius 1 is 0.591 bits per heavy atom. The number of ether oxygens (including phenoxy) is 4. The van der Waals surface area contributed by atoms with Crippen LogP contribution in [0.15, 0.2) is 0 Å². The molecule has 0 N–H and O–H groups in total. The molecule has 0 rings (SSSR count). The Morgan fingerprint density at radius 3 is 1.64 bits per heavy atom. The van der Waals surface area contributed by atoms with E-state index in [2.05, 4.69) is 11.8 Å². The fourth-order valence-corrected chi connectivity index (χ4v) is 2.15. The van der Waals surface area contributed by atoms with Gasteiger partial charge in [0.1, 0.15) is 0 Å². The molecule has 0 spiro atoms. The maximum atomic E-state index is 5.57. The SMILES string of the molecule is CCCCCCCN(CCOCCOC)CCOCCOC. The summed E-state index contributed by atoms with van der Waals surface area (Å²) in [7, 11) is 3.40. The van der Waals surface area contributed by atoms with E-state index in [0.717, 1.165) is 32.8 Å². The Kier molecular flexibility index (Phi) is 18.7. The molecule has 0 aliphatic rings. The molecule has 0 radical (unpaired) electrons. The van der Waals surface area contributed by atoms with Gasteiger partial charge in [0.2, 0.25) is 0 Å². The minimum Gasteiger partial charge on any atom is -0.382 e. The smallest absolute Gasteiger partial charge is 0.0700 e. The maximum Gasteiger partial charge on any atom is 0.0700 e. The quantitative estimate of drug-likeness (QED) is 0.363. The number of hydrogen-bond donors (Lipinski definition) is 0. The number of unbranched alkanes of at least 4 members (excludes halogenated alkanes) is 4. The molecule has 0 aromatic rings. The molecule has 0 saturated heterocycles. The number of methoxy groups -OCH3 is 2. The van der Waals surface area contributed by atoms with E-state index in [4.69, 9.17) is 18.9 Å². The first-order valence-electron chi connectivity index (χ1n) is 8.70. The van der Waals surface area contributed by atoms with Gasteiger partial charge in [-0.25, -0.2) is 0 Å². The van der Waals surface area contributed by atoms with Gasteiger partial charge in [-0.1, -0.05) is 32.6 Å². The summed E-state index contributed by atoms with van der Waals surface area (Å²) >= 11 is 0. The second-order valence-corrected chi connectivity index (χ2v) is 5.47. The number of hydrogen-bond acceptors (Lipinski definition) is 5. The summed E-state index contributed by atoms with van der Waals surface area (Å²) in [6.07, 6.45) is 6.57. The van der Waals surface area contributed by atoms with E-state index in [1.54, 1.807) is 14.2 Å². The molecular weight excluding hydrogens is 282 g/mol. The van der Waals surface area contributed by atoms with E-state index in [1.165, 1.54) is 32.1 Å². The van der Waals surface area contributed by atoms with Crippen LogP contribution in [-0.2, 0) is 18.9 Å². The van der Waals surface area contributed by atoms with Crippen molar-refractivity contribution >= 4 is 0 Å². The minimum atomic E-state index is 0.664. The van der Waals surface area contributed by atoms with Crippen molar-refractivity contribution < 1.29 is 18.9 Å². The standard InChI is InChI=1S/C17H37NO4/c1-4-5-6-7-8-9-18(10-12-21-16-14-19-2)11-13-22-17-15-20-3/h4-17H2,1-3H3. The second kappa shape index (κ2) is 18.8. The predicted molar refractivity (Wildman–Crippen MR) is 90.6 cm³/mol. The Hall–Kier alpha value is -0.200. The predicted octanol–water partition coefficient (Wildman–Crippen LogP) is 2.58. The molecule has 0 aromatic carbocycles. The van der Waals surface area contributed by atoms with Crippen molar-refractivity contribution in [3.63, 3.8) is 0 Å². The molecular formula is C17H37NO4. The Balaban J connectivity index is 3.72. The van der Waals surface area contributed by atoms with Crippen molar-refractivity contribution in [1.29, 1.82) is 0 Å². The van der Waals surface area contributed by atoms with E-state index in [0.29, 0.717) is 26.4 Å². The van der Waals surface area contributed by atoms with Crippen molar-refractivity contribution in [2.45, 2.75) is 39.0 Å². The van der Waals surface area contributed by atoms with Crippen LogP contribution in [0.2, 0.25) is 0 Å². The maximum absolute atomic E-state index is 5.57. The summed E-state index contributed by atoms with van der Waals surface area (Å²) in [5.41, 5.74) is 0. The zero-order valence-electron chi connectivity index (χ0n) is 15.0. The van der Waals surface area contributed by atoms with Crippen molar-refractivity contribution in [2.75, 3.05) is 73.5 Å². The van der Waals surface area contributed by atoms with E-state index < -0.39 is 0 Å². The number of rotatable bonds is 18. The highest BCUT2D eigenvalue weighted by Crippen LogP contribution is 2.04. The fourth-order valence-electron chi connectivity index (χ4n) is 2.15. The highest BCUT2D eigenvalue weighted by molar-refractivity contribution is 4.58. The Labute approximate surface area is 137 Å². The molecule has 0 heterocycles.